The molecule has 0 aliphatic heterocycles. The Bertz CT molecular complexity index is 2800. The third kappa shape index (κ3) is 9.78. The molecule has 336 valence electrons. The van der Waals surface area contributed by atoms with E-state index in [-0.39, 0.29) is 0 Å². The molecule has 6 nitrogen and oxygen atoms in total. The molecule has 0 radical (unpaired) electrons. The average molecular weight is 895 g/mol. The molecular weight excluding hydrogens is 841 g/mol. The van der Waals surface area contributed by atoms with Crippen LogP contribution in [0.2, 0.25) is 0 Å². The Kier molecular flexibility index (Phi) is 12.4. The first-order chi connectivity index (χ1) is 33.6. The van der Waals surface area contributed by atoms with Crippen molar-refractivity contribution in [3.63, 3.8) is 0 Å². The number of nitrogens with zero attached hydrogens (tertiary/aromatic N) is 6. The Balaban J connectivity index is 1.06. The van der Waals surface area contributed by atoms with Gasteiger partial charge in [-0.25, -0.2) is 15.0 Å². The van der Waals surface area contributed by atoms with Gasteiger partial charge in [0, 0.05) is 67.9 Å². The van der Waals surface area contributed by atoms with Gasteiger partial charge in [0.15, 0.2) is 17.5 Å². The summed E-state index contributed by atoms with van der Waals surface area (Å²) in [5.74, 6) is 1.77. The maximum absolute atomic E-state index is 5.20. The summed E-state index contributed by atoms with van der Waals surface area (Å²) in [5.41, 5.74) is 19.6. The number of benzene rings is 9. The smallest absolute Gasteiger partial charge is 0.164 e. The van der Waals surface area contributed by atoms with Crippen molar-refractivity contribution in [2.24, 2.45) is 0 Å². The Morgan fingerprint density at radius 2 is 0.319 bits per heavy atom. The van der Waals surface area contributed by atoms with E-state index in [1.165, 1.54) is 33.4 Å². The molecule has 0 spiro atoms. The lowest BCUT2D eigenvalue weighted by Gasteiger charge is -2.26. The van der Waals surface area contributed by atoms with Crippen molar-refractivity contribution in [1.82, 2.24) is 15.0 Å². The van der Waals surface area contributed by atoms with Crippen molar-refractivity contribution in [1.29, 1.82) is 0 Å². The van der Waals surface area contributed by atoms with Crippen molar-refractivity contribution < 1.29 is 0 Å². The van der Waals surface area contributed by atoms with E-state index in [9.17, 15) is 0 Å². The van der Waals surface area contributed by atoms with Crippen LogP contribution in [0.5, 0.6) is 0 Å². The van der Waals surface area contributed by atoms with Crippen molar-refractivity contribution >= 4 is 51.2 Å². The maximum Gasteiger partial charge on any atom is 0.164 e. The van der Waals surface area contributed by atoms with Crippen LogP contribution in [0.4, 0.5) is 51.2 Å². The van der Waals surface area contributed by atoms with Gasteiger partial charge in [-0.3, -0.25) is 0 Å². The molecule has 0 fully saturated rings. The summed E-state index contributed by atoms with van der Waals surface area (Å²) < 4.78 is 0. The summed E-state index contributed by atoms with van der Waals surface area (Å²) in [6.45, 7) is 12.7. The molecule has 1 heterocycles. The van der Waals surface area contributed by atoms with E-state index in [4.69, 9.17) is 15.0 Å². The number of hydrogen-bond acceptors (Lipinski definition) is 6. The SMILES string of the molecule is Cc1ccc(N(c2ccc(C)cc2)c2ccc(-c3nc(-c4ccc(N(c5ccc(C)cc5)c5ccc(C)cc5)cc4)nc(-c4ccc(N(c5ccc(C)cc5)c5ccc(C)cc5)cc4)n3)cc2)cc1. The van der Waals surface area contributed by atoms with Gasteiger partial charge in [-0.15, -0.1) is 0 Å². The molecule has 0 bridgehead atoms. The third-order valence-electron chi connectivity index (χ3n) is 12.5. The molecule has 0 N–H and O–H groups in total. The fourth-order valence-electron chi connectivity index (χ4n) is 8.55. The molecule has 9 aromatic carbocycles. The van der Waals surface area contributed by atoms with Crippen LogP contribution in [0.25, 0.3) is 34.2 Å². The van der Waals surface area contributed by atoms with Gasteiger partial charge in [0.25, 0.3) is 0 Å². The van der Waals surface area contributed by atoms with Gasteiger partial charge in [-0.2, -0.15) is 0 Å². The zero-order valence-corrected chi connectivity index (χ0v) is 40.0. The topological polar surface area (TPSA) is 48.4 Å². The fourth-order valence-corrected chi connectivity index (χ4v) is 8.55. The van der Waals surface area contributed by atoms with Crippen molar-refractivity contribution in [2.45, 2.75) is 41.5 Å². The van der Waals surface area contributed by atoms with Crippen LogP contribution in [0, 0.1) is 41.5 Å². The summed E-state index contributed by atoms with van der Waals surface area (Å²) in [5, 5.41) is 0. The summed E-state index contributed by atoms with van der Waals surface area (Å²) in [6.07, 6.45) is 0. The van der Waals surface area contributed by atoms with E-state index in [1.54, 1.807) is 0 Å². The van der Waals surface area contributed by atoms with Gasteiger partial charge in [-0.1, -0.05) is 106 Å². The van der Waals surface area contributed by atoms with Crippen LogP contribution in [0.15, 0.2) is 218 Å². The van der Waals surface area contributed by atoms with E-state index in [2.05, 4.69) is 275 Å². The van der Waals surface area contributed by atoms with Crippen LogP contribution < -0.4 is 14.7 Å². The lowest BCUT2D eigenvalue weighted by molar-refractivity contribution is 1.07. The Hall–Kier alpha value is -8.61. The van der Waals surface area contributed by atoms with E-state index >= 15 is 0 Å². The second-order valence-corrected chi connectivity index (χ2v) is 18.0. The van der Waals surface area contributed by atoms with Gasteiger partial charge >= 0.3 is 0 Å². The van der Waals surface area contributed by atoms with Gasteiger partial charge in [0.05, 0.1) is 0 Å². The standard InChI is InChI=1S/C63H54N6/c1-43-7-25-52(26-8-43)67(53-27-9-44(2)10-28-53)58-37-19-49(20-38-58)61-64-62(50-21-39-59(40-22-50)68(54-29-11-45(3)12-30-54)55-31-13-46(4)14-32-55)66-63(65-61)51-23-41-60(42-24-51)69(56-33-15-47(5)16-34-56)57-35-17-48(6)18-36-57/h7-42H,1-6H3. The maximum atomic E-state index is 5.20. The molecule has 0 saturated carbocycles. The number of rotatable bonds is 12. The highest BCUT2D eigenvalue weighted by molar-refractivity contribution is 5.81. The summed E-state index contributed by atoms with van der Waals surface area (Å²) in [7, 11) is 0. The van der Waals surface area contributed by atoms with Crippen LogP contribution >= 0.6 is 0 Å². The highest BCUT2D eigenvalue weighted by Gasteiger charge is 2.19. The number of anilines is 9. The quantitative estimate of drug-likeness (QED) is 0.122. The first kappa shape index (κ1) is 44.2. The van der Waals surface area contributed by atoms with Crippen molar-refractivity contribution in [3.05, 3.63) is 252 Å². The molecule has 69 heavy (non-hydrogen) atoms. The zero-order chi connectivity index (χ0) is 47.4. The van der Waals surface area contributed by atoms with Gasteiger partial charge in [0.2, 0.25) is 0 Å². The number of aromatic nitrogens is 3. The molecule has 0 saturated heterocycles. The average Bonchev–Trinajstić information content (AvgIpc) is 3.38. The molecule has 0 unspecified atom stereocenters. The molecule has 0 amide bonds. The highest BCUT2D eigenvalue weighted by Crippen LogP contribution is 2.39. The molecule has 0 atom stereocenters. The summed E-state index contributed by atoms with van der Waals surface area (Å²) >= 11 is 0. The summed E-state index contributed by atoms with van der Waals surface area (Å²) in [6, 6.07) is 77.5. The molecule has 10 aromatic rings. The highest BCUT2D eigenvalue weighted by atomic mass is 15.2. The third-order valence-corrected chi connectivity index (χ3v) is 12.5. The summed E-state index contributed by atoms with van der Waals surface area (Å²) in [4.78, 5) is 22.4. The monoisotopic (exact) mass is 894 g/mol. The molecule has 0 aliphatic rings. The Morgan fingerprint density at radius 3 is 0.464 bits per heavy atom. The molecule has 6 heteroatoms. The Labute approximate surface area is 406 Å². The van der Waals surface area contributed by atoms with Crippen LogP contribution in [0.3, 0.4) is 0 Å². The lowest BCUT2D eigenvalue weighted by atomic mass is 10.1. The van der Waals surface area contributed by atoms with Crippen molar-refractivity contribution in [2.75, 3.05) is 14.7 Å². The first-order valence-corrected chi connectivity index (χ1v) is 23.5. The molecule has 1 aromatic heterocycles. The van der Waals surface area contributed by atoms with E-state index in [1.807, 2.05) is 0 Å². The predicted octanol–water partition coefficient (Wildman–Crippen LogP) is 17.1. The minimum absolute atomic E-state index is 0.591. The van der Waals surface area contributed by atoms with Crippen molar-refractivity contribution in [3.8, 4) is 34.2 Å². The molecule has 0 aliphatic carbocycles. The minimum atomic E-state index is 0.591. The van der Waals surface area contributed by atoms with E-state index in [0.717, 1.165) is 67.9 Å². The second-order valence-electron chi connectivity index (χ2n) is 18.0. The van der Waals surface area contributed by atoms with E-state index in [0.29, 0.717) is 17.5 Å². The first-order valence-electron chi connectivity index (χ1n) is 23.5. The molecular formula is C63H54N6. The molecule has 10 rings (SSSR count). The second kappa shape index (κ2) is 19.3. The van der Waals surface area contributed by atoms with Gasteiger partial charge in [-0.05, 0) is 187 Å². The normalized spacial score (nSPS) is 11.0. The Morgan fingerprint density at radius 1 is 0.188 bits per heavy atom. The fraction of sp³-hybridized carbons (Fsp3) is 0.0952. The lowest BCUT2D eigenvalue weighted by Crippen LogP contribution is -2.10. The van der Waals surface area contributed by atoms with Gasteiger partial charge in [0.1, 0.15) is 0 Å². The van der Waals surface area contributed by atoms with Crippen LogP contribution in [-0.4, -0.2) is 15.0 Å². The van der Waals surface area contributed by atoms with Crippen LogP contribution in [-0.2, 0) is 0 Å². The largest absolute Gasteiger partial charge is 0.311 e. The predicted molar refractivity (Wildman–Crippen MR) is 289 cm³/mol. The number of hydrogen-bond donors (Lipinski definition) is 0. The van der Waals surface area contributed by atoms with E-state index < -0.39 is 0 Å². The number of aryl methyl sites for hydroxylation is 6. The van der Waals surface area contributed by atoms with Gasteiger partial charge < -0.3 is 14.7 Å². The minimum Gasteiger partial charge on any atom is -0.311 e. The zero-order valence-electron chi connectivity index (χ0n) is 40.0. The van der Waals surface area contributed by atoms with Crippen LogP contribution in [0.1, 0.15) is 33.4 Å².